The van der Waals surface area contributed by atoms with Gasteiger partial charge < -0.3 is 16.0 Å². The van der Waals surface area contributed by atoms with Gasteiger partial charge >= 0.3 is 0 Å². The van der Waals surface area contributed by atoms with Gasteiger partial charge in [0, 0.05) is 18.6 Å². The van der Waals surface area contributed by atoms with Gasteiger partial charge in [-0.2, -0.15) is 0 Å². The van der Waals surface area contributed by atoms with Crippen LogP contribution >= 0.6 is 0 Å². The van der Waals surface area contributed by atoms with Crippen LogP contribution in [0.1, 0.15) is 51.9 Å². The molecule has 1 aliphatic heterocycles. The van der Waals surface area contributed by atoms with Crippen LogP contribution in [0.4, 0.5) is 0 Å². The highest BCUT2D eigenvalue weighted by Gasteiger charge is 2.43. The lowest BCUT2D eigenvalue weighted by atomic mass is 9.81. The number of hydrogen-bond acceptors (Lipinski definition) is 3. The fourth-order valence-electron chi connectivity index (χ4n) is 3.41. The summed E-state index contributed by atoms with van der Waals surface area (Å²) in [6.45, 7) is 3.13. The quantitative estimate of drug-likeness (QED) is 0.796. The molecule has 2 atom stereocenters. The van der Waals surface area contributed by atoms with Gasteiger partial charge in [-0.3, -0.25) is 4.79 Å². The molecule has 1 saturated heterocycles. The minimum atomic E-state index is -0.464. The summed E-state index contributed by atoms with van der Waals surface area (Å²) in [6, 6.07) is 0.907. The van der Waals surface area contributed by atoms with E-state index in [2.05, 4.69) is 24.2 Å². The van der Waals surface area contributed by atoms with E-state index in [0.29, 0.717) is 12.1 Å². The summed E-state index contributed by atoms with van der Waals surface area (Å²) in [4.78, 5) is 14.3. The van der Waals surface area contributed by atoms with E-state index in [-0.39, 0.29) is 5.91 Å². The van der Waals surface area contributed by atoms with Crippen LogP contribution in [0.2, 0.25) is 0 Å². The van der Waals surface area contributed by atoms with Crippen LogP contribution in [0.25, 0.3) is 0 Å². The summed E-state index contributed by atoms with van der Waals surface area (Å²) in [6.07, 6.45) is 7.97. The van der Waals surface area contributed by atoms with Crippen molar-refractivity contribution >= 4 is 5.91 Å². The van der Waals surface area contributed by atoms with Gasteiger partial charge in [0.2, 0.25) is 5.91 Å². The predicted octanol–water partition coefficient (Wildman–Crippen LogP) is 1.25. The average Bonchev–Trinajstić information content (AvgIpc) is 2.35. The van der Waals surface area contributed by atoms with Crippen LogP contribution in [0, 0.1) is 0 Å². The number of likely N-dealkylation sites (tertiary alicyclic amines) is 1. The molecule has 3 N–H and O–H groups in total. The number of piperidine rings is 1. The summed E-state index contributed by atoms with van der Waals surface area (Å²) in [5, 5.41) is 3.62. The zero-order valence-electron chi connectivity index (χ0n) is 11.7. The number of amides is 1. The van der Waals surface area contributed by atoms with E-state index in [4.69, 9.17) is 5.73 Å². The number of nitrogens with one attached hydrogen (secondary N) is 1. The number of primary amides is 1. The Morgan fingerprint density at radius 1 is 1.33 bits per heavy atom. The second-order valence-electron chi connectivity index (χ2n) is 6.21. The zero-order valence-corrected chi connectivity index (χ0v) is 11.7. The highest BCUT2D eigenvalue weighted by atomic mass is 16.1. The first kappa shape index (κ1) is 13.8. The Morgan fingerprint density at radius 3 is 2.56 bits per heavy atom. The van der Waals surface area contributed by atoms with Crippen LogP contribution < -0.4 is 11.1 Å². The van der Waals surface area contributed by atoms with Gasteiger partial charge in [-0.05, 0) is 39.7 Å². The SMILES string of the molecule is CC1CC(NC2CCCCC2)(C(N)=O)CCN1C. The third-order valence-electron chi connectivity index (χ3n) is 4.84. The van der Waals surface area contributed by atoms with E-state index in [9.17, 15) is 4.79 Å². The molecule has 1 aliphatic carbocycles. The Kier molecular flexibility index (Phi) is 4.28. The Hall–Kier alpha value is -0.610. The highest BCUT2D eigenvalue weighted by Crippen LogP contribution is 2.29. The van der Waals surface area contributed by atoms with Crippen LogP contribution in [-0.2, 0) is 4.79 Å². The van der Waals surface area contributed by atoms with Gasteiger partial charge in [-0.15, -0.1) is 0 Å². The molecule has 2 fully saturated rings. The van der Waals surface area contributed by atoms with Crippen LogP contribution in [0.5, 0.6) is 0 Å². The third kappa shape index (κ3) is 2.86. The predicted molar refractivity (Wildman–Crippen MR) is 73.3 cm³/mol. The van der Waals surface area contributed by atoms with Crippen molar-refractivity contribution < 1.29 is 4.79 Å². The van der Waals surface area contributed by atoms with Crippen molar-refractivity contribution in [3.63, 3.8) is 0 Å². The largest absolute Gasteiger partial charge is 0.368 e. The molecule has 0 radical (unpaired) electrons. The minimum Gasteiger partial charge on any atom is -0.368 e. The smallest absolute Gasteiger partial charge is 0.237 e. The summed E-state index contributed by atoms with van der Waals surface area (Å²) < 4.78 is 0. The topological polar surface area (TPSA) is 58.4 Å². The second kappa shape index (κ2) is 5.57. The molecular weight excluding hydrogens is 226 g/mol. The van der Waals surface area contributed by atoms with Crippen molar-refractivity contribution in [2.45, 2.75) is 69.5 Å². The number of carbonyl (C=O) groups is 1. The Labute approximate surface area is 110 Å². The fraction of sp³-hybridized carbons (Fsp3) is 0.929. The van der Waals surface area contributed by atoms with Gasteiger partial charge in [0.25, 0.3) is 0 Å². The van der Waals surface area contributed by atoms with Crippen molar-refractivity contribution in [1.29, 1.82) is 0 Å². The van der Waals surface area contributed by atoms with E-state index >= 15 is 0 Å². The lowest BCUT2D eigenvalue weighted by Crippen LogP contribution is -2.64. The van der Waals surface area contributed by atoms with Crippen LogP contribution in [0.3, 0.4) is 0 Å². The monoisotopic (exact) mass is 253 g/mol. The second-order valence-corrected chi connectivity index (χ2v) is 6.21. The molecule has 0 aromatic carbocycles. The van der Waals surface area contributed by atoms with Gasteiger partial charge in [0.15, 0.2) is 0 Å². The normalized spacial score (nSPS) is 35.6. The summed E-state index contributed by atoms with van der Waals surface area (Å²) in [5.41, 5.74) is 5.24. The molecule has 0 aromatic heterocycles. The lowest BCUT2D eigenvalue weighted by Gasteiger charge is -2.45. The van der Waals surface area contributed by atoms with Gasteiger partial charge in [0.05, 0.1) is 0 Å². The molecular formula is C14H27N3O. The third-order valence-corrected chi connectivity index (χ3v) is 4.84. The fourth-order valence-corrected chi connectivity index (χ4v) is 3.41. The lowest BCUT2D eigenvalue weighted by molar-refractivity contribution is -0.127. The zero-order chi connectivity index (χ0) is 13.2. The maximum atomic E-state index is 11.9. The number of hydrogen-bond donors (Lipinski definition) is 2. The molecule has 1 saturated carbocycles. The molecule has 1 amide bonds. The average molecular weight is 253 g/mol. The molecule has 104 valence electrons. The van der Waals surface area contributed by atoms with Gasteiger partial charge in [0.1, 0.15) is 5.54 Å². The molecule has 18 heavy (non-hydrogen) atoms. The first-order chi connectivity index (χ1) is 8.53. The van der Waals surface area contributed by atoms with E-state index in [0.717, 1.165) is 19.4 Å². The Morgan fingerprint density at radius 2 is 2.00 bits per heavy atom. The number of rotatable bonds is 3. The minimum absolute atomic E-state index is 0.159. The highest BCUT2D eigenvalue weighted by molar-refractivity contribution is 5.85. The standard InChI is InChI=1S/C14H27N3O/c1-11-10-14(13(15)18,8-9-17(11)2)16-12-6-4-3-5-7-12/h11-12,16H,3-10H2,1-2H3,(H2,15,18). The Bertz CT molecular complexity index is 301. The number of carbonyl (C=O) groups excluding carboxylic acids is 1. The molecule has 2 unspecified atom stereocenters. The van der Waals surface area contributed by atoms with E-state index in [1.165, 1.54) is 32.1 Å². The summed E-state index contributed by atoms with van der Waals surface area (Å²) >= 11 is 0. The molecule has 0 spiro atoms. The van der Waals surface area contributed by atoms with Gasteiger partial charge in [-0.25, -0.2) is 0 Å². The molecule has 2 rings (SSSR count). The number of nitrogens with two attached hydrogens (primary N) is 1. The molecule has 2 aliphatic rings. The summed E-state index contributed by atoms with van der Waals surface area (Å²) in [7, 11) is 2.12. The molecule has 4 heteroatoms. The molecule has 4 nitrogen and oxygen atoms in total. The van der Waals surface area contributed by atoms with Crippen molar-refractivity contribution in [3.05, 3.63) is 0 Å². The van der Waals surface area contributed by atoms with E-state index in [1.807, 2.05) is 0 Å². The molecule has 1 heterocycles. The van der Waals surface area contributed by atoms with Crippen molar-refractivity contribution in [2.75, 3.05) is 13.6 Å². The molecule has 0 aromatic rings. The van der Waals surface area contributed by atoms with Crippen molar-refractivity contribution in [3.8, 4) is 0 Å². The van der Waals surface area contributed by atoms with Gasteiger partial charge in [-0.1, -0.05) is 19.3 Å². The van der Waals surface area contributed by atoms with Crippen LogP contribution in [-0.4, -0.2) is 42.0 Å². The van der Waals surface area contributed by atoms with Crippen molar-refractivity contribution in [2.24, 2.45) is 5.73 Å². The Balaban J connectivity index is 2.04. The van der Waals surface area contributed by atoms with Crippen LogP contribution in [0.15, 0.2) is 0 Å². The van der Waals surface area contributed by atoms with E-state index < -0.39 is 5.54 Å². The maximum Gasteiger partial charge on any atom is 0.237 e. The van der Waals surface area contributed by atoms with Crippen molar-refractivity contribution in [1.82, 2.24) is 10.2 Å². The maximum absolute atomic E-state index is 11.9. The summed E-state index contributed by atoms with van der Waals surface area (Å²) in [5.74, 6) is -0.159. The molecule has 0 bridgehead atoms. The first-order valence-corrected chi connectivity index (χ1v) is 7.31. The van der Waals surface area contributed by atoms with E-state index in [1.54, 1.807) is 0 Å². The first-order valence-electron chi connectivity index (χ1n) is 7.31. The number of nitrogens with zero attached hydrogens (tertiary/aromatic N) is 1.